The summed E-state index contributed by atoms with van der Waals surface area (Å²) in [6.07, 6.45) is 4.03. The maximum absolute atomic E-state index is 12.8. The van der Waals surface area contributed by atoms with E-state index < -0.39 is 0 Å². The Hall–Kier alpha value is -2.68. The van der Waals surface area contributed by atoms with Gasteiger partial charge in [0.05, 0.1) is 6.04 Å². The number of carbonyl (C=O) groups is 2. The van der Waals surface area contributed by atoms with Gasteiger partial charge in [-0.2, -0.15) is 0 Å². The average molecular weight is 291 g/mol. The van der Waals surface area contributed by atoms with Gasteiger partial charge in [-0.3, -0.25) is 9.59 Å². The molecule has 0 aromatic heterocycles. The van der Waals surface area contributed by atoms with Gasteiger partial charge in [-0.15, -0.1) is 0 Å². The van der Waals surface area contributed by atoms with E-state index in [4.69, 9.17) is 0 Å². The summed E-state index contributed by atoms with van der Waals surface area (Å²) in [6, 6.07) is 16.8. The van der Waals surface area contributed by atoms with Crippen LogP contribution in [0.4, 0.5) is 0 Å². The van der Waals surface area contributed by atoms with E-state index in [1.807, 2.05) is 48.5 Å². The molecule has 1 aliphatic heterocycles. The van der Waals surface area contributed by atoms with Crippen molar-refractivity contribution in [2.75, 3.05) is 0 Å². The minimum Gasteiger partial charge on any atom is -0.307 e. The van der Waals surface area contributed by atoms with Gasteiger partial charge in [-0.25, -0.2) is 0 Å². The van der Waals surface area contributed by atoms with Gasteiger partial charge in [-0.1, -0.05) is 42.5 Å². The highest BCUT2D eigenvalue weighted by Crippen LogP contribution is 2.33. The molecule has 0 radical (unpaired) electrons. The number of nitrogens with zero attached hydrogens (tertiary/aromatic N) is 1. The molecule has 0 spiro atoms. The minimum atomic E-state index is -0.244. The molecule has 1 amide bonds. The summed E-state index contributed by atoms with van der Waals surface area (Å²) in [6.45, 7) is 1.56. The zero-order valence-corrected chi connectivity index (χ0v) is 12.4. The second kappa shape index (κ2) is 5.98. The molecule has 1 atom stereocenters. The van der Waals surface area contributed by atoms with Crippen LogP contribution in [0.3, 0.4) is 0 Å². The molecule has 0 fully saturated rings. The van der Waals surface area contributed by atoms with Gasteiger partial charge < -0.3 is 4.90 Å². The Morgan fingerprint density at radius 1 is 1.00 bits per heavy atom. The first kappa shape index (κ1) is 14.3. The van der Waals surface area contributed by atoms with E-state index in [0.29, 0.717) is 12.0 Å². The number of benzene rings is 2. The van der Waals surface area contributed by atoms with Crippen LogP contribution >= 0.6 is 0 Å². The molecule has 0 saturated carbocycles. The maximum atomic E-state index is 12.8. The summed E-state index contributed by atoms with van der Waals surface area (Å²) >= 11 is 0. The Morgan fingerprint density at radius 3 is 2.41 bits per heavy atom. The molecule has 0 bridgehead atoms. The quantitative estimate of drug-likeness (QED) is 0.861. The van der Waals surface area contributed by atoms with Crippen molar-refractivity contribution >= 4 is 17.8 Å². The van der Waals surface area contributed by atoms with E-state index >= 15 is 0 Å². The Bertz CT molecular complexity index is 734. The second-order valence-corrected chi connectivity index (χ2v) is 5.45. The maximum Gasteiger partial charge on any atom is 0.258 e. The Balaban J connectivity index is 2.00. The number of hydrogen-bond acceptors (Lipinski definition) is 2. The van der Waals surface area contributed by atoms with E-state index in [1.54, 1.807) is 30.2 Å². The number of fused-ring (bicyclic) bond motifs is 1. The molecule has 1 unspecified atom stereocenters. The molecule has 3 heteroatoms. The van der Waals surface area contributed by atoms with Gasteiger partial charge >= 0.3 is 0 Å². The first-order valence-electron chi connectivity index (χ1n) is 7.31. The van der Waals surface area contributed by atoms with Crippen LogP contribution in [0.1, 0.15) is 40.9 Å². The lowest BCUT2D eigenvalue weighted by molar-refractivity contribution is -0.117. The largest absolute Gasteiger partial charge is 0.307 e. The third-order valence-electron chi connectivity index (χ3n) is 3.84. The van der Waals surface area contributed by atoms with Gasteiger partial charge in [0.1, 0.15) is 5.78 Å². The van der Waals surface area contributed by atoms with Crippen LogP contribution in [-0.2, 0) is 4.79 Å². The molecule has 1 heterocycles. The van der Waals surface area contributed by atoms with Crippen LogP contribution in [0, 0.1) is 0 Å². The summed E-state index contributed by atoms with van der Waals surface area (Å²) < 4.78 is 0. The summed E-state index contributed by atoms with van der Waals surface area (Å²) in [5, 5.41) is 0. The van der Waals surface area contributed by atoms with Gasteiger partial charge in [0, 0.05) is 18.2 Å². The molecule has 22 heavy (non-hydrogen) atoms. The highest BCUT2D eigenvalue weighted by Gasteiger charge is 2.29. The lowest BCUT2D eigenvalue weighted by Gasteiger charge is -2.33. The van der Waals surface area contributed by atoms with Crippen LogP contribution in [-0.4, -0.2) is 16.6 Å². The molecular weight excluding hydrogens is 274 g/mol. The number of Topliss-reactive ketones (excluding diaryl/α,β-unsaturated/α-hetero) is 1. The summed E-state index contributed by atoms with van der Waals surface area (Å²) in [4.78, 5) is 26.1. The fourth-order valence-electron chi connectivity index (χ4n) is 2.80. The van der Waals surface area contributed by atoms with Crippen molar-refractivity contribution < 1.29 is 9.59 Å². The molecule has 110 valence electrons. The smallest absolute Gasteiger partial charge is 0.258 e. The van der Waals surface area contributed by atoms with Crippen LogP contribution in [0.25, 0.3) is 6.08 Å². The van der Waals surface area contributed by atoms with Crippen molar-refractivity contribution in [2.45, 2.75) is 19.4 Å². The lowest BCUT2D eigenvalue weighted by atomic mass is 9.92. The average Bonchev–Trinajstić information content (AvgIpc) is 2.55. The molecule has 3 nitrogen and oxygen atoms in total. The zero-order chi connectivity index (χ0) is 15.5. The first-order valence-corrected chi connectivity index (χ1v) is 7.31. The molecule has 0 N–H and O–H groups in total. The van der Waals surface area contributed by atoms with Crippen molar-refractivity contribution in [1.82, 2.24) is 4.90 Å². The number of ketones is 1. The highest BCUT2D eigenvalue weighted by atomic mass is 16.2. The van der Waals surface area contributed by atoms with E-state index in [0.717, 1.165) is 11.1 Å². The van der Waals surface area contributed by atoms with Crippen molar-refractivity contribution in [3.05, 3.63) is 77.5 Å². The van der Waals surface area contributed by atoms with Crippen LogP contribution < -0.4 is 0 Å². The minimum absolute atomic E-state index is 0.0703. The molecule has 2 aromatic rings. The van der Waals surface area contributed by atoms with Gasteiger partial charge in [0.2, 0.25) is 0 Å². The standard InChI is InChI=1S/C19H17NO2/c1-14(21)13-18-17-10-6-5-7-15(17)11-12-20(18)19(22)16-8-3-2-4-9-16/h2-12,18H,13H2,1H3. The summed E-state index contributed by atoms with van der Waals surface area (Å²) in [5.41, 5.74) is 2.70. The second-order valence-electron chi connectivity index (χ2n) is 5.45. The molecule has 2 aromatic carbocycles. The van der Waals surface area contributed by atoms with Gasteiger partial charge in [0.25, 0.3) is 5.91 Å². The SMILES string of the molecule is CC(=O)CC1c2ccccc2C=CN1C(=O)c1ccccc1. The van der Waals surface area contributed by atoms with Crippen LogP contribution in [0.15, 0.2) is 60.8 Å². The fourth-order valence-corrected chi connectivity index (χ4v) is 2.80. The van der Waals surface area contributed by atoms with E-state index in [1.165, 1.54) is 0 Å². The van der Waals surface area contributed by atoms with E-state index in [2.05, 4.69) is 0 Å². The Kier molecular flexibility index (Phi) is 3.88. The predicted octanol–water partition coefficient (Wildman–Crippen LogP) is 3.83. The number of amides is 1. The molecule has 1 aliphatic rings. The zero-order valence-electron chi connectivity index (χ0n) is 12.4. The lowest BCUT2D eigenvalue weighted by Crippen LogP contribution is -2.33. The number of hydrogen-bond donors (Lipinski definition) is 0. The summed E-state index contributed by atoms with van der Waals surface area (Å²) in [7, 11) is 0. The molecular formula is C19H17NO2. The van der Waals surface area contributed by atoms with Crippen molar-refractivity contribution in [1.29, 1.82) is 0 Å². The first-order chi connectivity index (χ1) is 10.7. The Labute approximate surface area is 129 Å². The molecule has 0 saturated heterocycles. The van der Waals surface area contributed by atoms with Crippen LogP contribution in [0.5, 0.6) is 0 Å². The third-order valence-corrected chi connectivity index (χ3v) is 3.84. The fraction of sp³-hybridized carbons (Fsp3) is 0.158. The molecule has 0 aliphatic carbocycles. The topological polar surface area (TPSA) is 37.4 Å². The van der Waals surface area contributed by atoms with E-state index in [-0.39, 0.29) is 17.7 Å². The van der Waals surface area contributed by atoms with E-state index in [9.17, 15) is 9.59 Å². The predicted molar refractivity (Wildman–Crippen MR) is 86.1 cm³/mol. The normalized spacial score (nSPS) is 16.2. The number of rotatable bonds is 3. The van der Waals surface area contributed by atoms with Gasteiger partial charge in [0.15, 0.2) is 0 Å². The van der Waals surface area contributed by atoms with Crippen molar-refractivity contribution in [3.8, 4) is 0 Å². The van der Waals surface area contributed by atoms with Crippen molar-refractivity contribution in [2.24, 2.45) is 0 Å². The monoisotopic (exact) mass is 291 g/mol. The Morgan fingerprint density at radius 2 is 1.68 bits per heavy atom. The van der Waals surface area contributed by atoms with Crippen LogP contribution in [0.2, 0.25) is 0 Å². The number of carbonyl (C=O) groups excluding carboxylic acids is 2. The third kappa shape index (κ3) is 2.70. The molecule has 3 rings (SSSR count). The highest BCUT2D eigenvalue weighted by molar-refractivity contribution is 5.96. The van der Waals surface area contributed by atoms with Gasteiger partial charge in [-0.05, 0) is 36.3 Å². The van der Waals surface area contributed by atoms with Crippen molar-refractivity contribution in [3.63, 3.8) is 0 Å². The summed E-state index contributed by atoms with van der Waals surface area (Å²) in [5.74, 6) is -0.0152.